The van der Waals surface area contributed by atoms with Gasteiger partial charge >= 0.3 is 5.97 Å². The third kappa shape index (κ3) is 5.74. The molecular weight excluding hydrogens is 452 g/mol. The molecule has 2 aromatic carbocycles. The summed E-state index contributed by atoms with van der Waals surface area (Å²) < 4.78 is 0. The molecule has 0 spiro atoms. The van der Waals surface area contributed by atoms with Gasteiger partial charge in [-0.15, -0.1) is 0 Å². The van der Waals surface area contributed by atoms with E-state index in [1.54, 1.807) is 0 Å². The van der Waals surface area contributed by atoms with E-state index in [-0.39, 0.29) is 35.7 Å². The van der Waals surface area contributed by atoms with Gasteiger partial charge in [0.1, 0.15) is 5.76 Å². The minimum absolute atomic E-state index is 0.0268. The van der Waals surface area contributed by atoms with Gasteiger partial charge in [-0.05, 0) is 42.0 Å². The third-order valence-corrected chi connectivity index (χ3v) is 6.10. The minimum Gasteiger partial charge on any atom is -0.507 e. The fourth-order valence-electron chi connectivity index (χ4n) is 4.15. The molecule has 1 unspecified atom stereocenters. The Labute approximate surface area is 202 Å². The lowest BCUT2D eigenvalue weighted by Crippen LogP contribution is -2.30. The molecule has 1 amide bonds. The topological polar surface area (TPSA) is 138 Å². The fourth-order valence-corrected chi connectivity index (χ4v) is 4.15. The molecule has 9 nitrogen and oxygen atoms in total. The average molecular weight is 481 g/mol. The first-order valence-electron chi connectivity index (χ1n) is 11.5. The van der Waals surface area contributed by atoms with Gasteiger partial charge in [0.2, 0.25) is 0 Å². The number of aliphatic carboxylic acids is 1. The van der Waals surface area contributed by atoms with Gasteiger partial charge in [0, 0.05) is 30.7 Å². The van der Waals surface area contributed by atoms with Gasteiger partial charge in [-0.2, -0.15) is 0 Å². The van der Waals surface area contributed by atoms with Crippen molar-refractivity contribution >= 4 is 29.1 Å². The lowest BCUT2D eigenvalue weighted by atomic mass is 9.93. The number of Topliss-reactive ketones (excluding diaryl/α,β-unsaturated/α-hetero) is 1. The summed E-state index contributed by atoms with van der Waals surface area (Å²) in [6.45, 7) is 4.32. The highest BCUT2D eigenvalue weighted by molar-refractivity contribution is 6.46. The van der Waals surface area contributed by atoms with Crippen molar-refractivity contribution in [3.63, 3.8) is 0 Å². The van der Waals surface area contributed by atoms with Gasteiger partial charge in [-0.25, -0.2) is 0 Å². The van der Waals surface area contributed by atoms with E-state index in [0.717, 1.165) is 5.56 Å². The van der Waals surface area contributed by atoms with Crippen molar-refractivity contribution in [2.75, 3.05) is 6.54 Å². The molecule has 3 rings (SSSR count). The van der Waals surface area contributed by atoms with Crippen molar-refractivity contribution in [3.8, 4) is 0 Å². The summed E-state index contributed by atoms with van der Waals surface area (Å²) in [6, 6.07) is 11.8. The van der Waals surface area contributed by atoms with E-state index in [1.807, 2.05) is 38.1 Å². The van der Waals surface area contributed by atoms with Crippen molar-refractivity contribution in [2.24, 2.45) is 0 Å². The van der Waals surface area contributed by atoms with Gasteiger partial charge < -0.3 is 15.1 Å². The Morgan fingerprint density at radius 3 is 2.17 bits per heavy atom. The third-order valence-electron chi connectivity index (χ3n) is 6.10. The molecular formula is C26H28N2O7. The number of unbranched alkanes of at least 4 members (excludes halogenated alkanes) is 2. The highest BCUT2D eigenvalue weighted by Gasteiger charge is 2.45. The molecule has 184 valence electrons. The van der Waals surface area contributed by atoms with Crippen molar-refractivity contribution in [3.05, 3.63) is 80.9 Å². The highest BCUT2D eigenvalue weighted by Crippen LogP contribution is 2.40. The number of rotatable bonds is 10. The number of hydrogen-bond donors (Lipinski definition) is 2. The number of nitro groups is 1. The van der Waals surface area contributed by atoms with Gasteiger partial charge in [0.25, 0.3) is 17.4 Å². The predicted octanol–water partition coefficient (Wildman–Crippen LogP) is 4.78. The van der Waals surface area contributed by atoms with Gasteiger partial charge in [-0.3, -0.25) is 24.5 Å². The number of non-ortho nitro benzene ring substituents is 1. The highest BCUT2D eigenvalue weighted by atomic mass is 16.6. The van der Waals surface area contributed by atoms with E-state index in [0.29, 0.717) is 24.8 Å². The Morgan fingerprint density at radius 1 is 1.00 bits per heavy atom. The number of aliphatic hydroxyl groups is 1. The molecule has 2 N–H and O–H groups in total. The first kappa shape index (κ1) is 25.6. The molecule has 0 aromatic heterocycles. The minimum atomic E-state index is -0.890. The molecule has 0 bridgehead atoms. The van der Waals surface area contributed by atoms with E-state index < -0.39 is 34.4 Å². The van der Waals surface area contributed by atoms with E-state index in [1.165, 1.54) is 29.2 Å². The largest absolute Gasteiger partial charge is 0.507 e. The van der Waals surface area contributed by atoms with Crippen LogP contribution in [0.25, 0.3) is 5.76 Å². The van der Waals surface area contributed by atoms with E-state index in [4.69, 9.17) is 5.11 Å². The number of hydrogen-bond acceptors (Lipinski definition) is 6. The summed E-state index contributed by atoms with van der Waals surface area (Å²) >= 11 is 0. The van der Waals surface area contributed by atoms with Gasteiger partial charge in [0.15, 0.2) is 0 Å². The van der Waals surface area contributed by atoms with Crippen LogP contribution in [0.2, 0.25) is 0 Å². The van der Waals surface area contributed by atoms with Crippen LogP contribution in [0.3, 0.4) is 0 Å². The lowest BCUT2D eigenvalue weighted by Gasteiger charge is -2.25. The summed E-state index contributed by atoms with van der Waals surface area (Å²) in [7, 11) is 0. The first-order valence-corrected chi connectivity index (χ1v) is 11.5. The molecule has 2 aromatic rings. The number of nitrogens with zero attached hydrogens (tertiary/aromatic N) is 2. The summed E-state index contributed by atoms with van der Waals surface area (Å²) in [5.74, 6) is -2.58. The molecule has 1 fully saturated rings. The summed E-state index contributed by atoms with van der Waals surface area (Å²) in [5, 5.41) is 30.8. The van der Waals surface area contributed by atoms with Gasteiger partial charge in [0.05, 0.1) is 16.5 Å². The maximum absolute atomic E-state index is 13.0. The van der Waals surface area contributed by atoms with Crippen molar-refractivity contribution in [1.29, 1.82) is 0 Å². The average Bonchev–Trinajstić information content (AvgIpc) is 3.08. The van der Waals surface area contributed by atoms with E-state index in [9.17, 15) is 29.6 Å². The summed E-state index contributed by atoms with van der Waals surface area (Å²) in [6.07, 6.45) is 1.55. The van der Waals surface area contributed by atoms with Crippen LogP contribution in [0.5, 0.6) is 0 Å². The van der Waals surface area contributed by atoms with Crippen LogP contribution in [-0.2, 0) is 14.4 Å². The molecule has 1 saturated heterocycles. The Bertz CT molecular complexity index is 1150. The van der Waals surface area contributed by atoms with Crippen LogP contribution in [-0.4, -0.2) is 44.2 Å². The molecule has 1 heterocycles. The Balaban J connectivity index is 2.00. The number of amides is 1. The zero-order valence-electron chi connectivity index (χ0n) is 19.6. The number of aliphatic hydroxyl groups excluding tert-OH is 1. The smallest absolute Gasteiger partial charge is 0.303 e. The monoisotopic (exact) mass is 480 g/mol. The van der Waals surface area contributed by atoms with Crippen LogP contribution < -0.4 is 0 Å². The Morgan fingerprint density at radius 2 is 1.63 bits per heavy atom. The standard InChI is InChI=1S/C26H28N2O7/c1-16(2)17-7-9-18(10-8-17)23-22(24(31)19-11-13-20(14-12-19)28(34)35)25(32)26(33)27(23)15-5-3-4-6-21(29)30/h7-14,16,23,31H,3-6,15H2,1-2H3,(H,29,30)/b24-22+. The van der Waals surface area contributed by atoms with Crippen LogP contribution in [0, 0.1) is 10.1 Å². The molecule has 0 radical (unpaired) electrons. The number of nitro benzene ring substituents is 1. The second-order valence-corrected chi connectivity index (χ2v) is 8.82. The normalized spacial score (nSPS) is 17.2. The lowest BCUT2D eigenvalue weighted by molar-refractivity contribution is -0.384. The van der Waals surface area contributed by atoms with Crippen LogP contribution in [0.1, 0.15) is 68.2 Å². The number of benzene rings is 2. The number of ketones is 1. The van der Waals surface area contributed by atoms with Crippen molar-refractivity contribution < 1.29 is 29.5 Å². The molecule has 9 heteroatoms. The number of carboxylic acids is 1. The maximum Gasteiger partial charge on any atom is 0.303 e. The first-order chi connectivity index (χ1) is 16.6. The SMILES string of the molecule is CC(C)c1ccc(C2/C(=C(\O)c3ccc([N+](=O)[O-])cc3)C(=O)C(=O)N2CCCCCC(=O)O)cc1. The van der Waals surface area contributed by atoms with Crippen molar-refractivity contribution in [2.45, 2.75) is 51.5 Å². The summed E-state index contributed by atoms with van der Waals surface area (Å²) in [5.41, 5.74) is 1.69. The predicted molar refractivity (Wildman–Crippen MR) is 129 cm³/mol. The zero-order valence-corrected chi connectivity index (χ0v) is 19.6. The van der Waals surface area contributed by atoms with E-state index >= 15 is 0 Å². The molecule has 1 atom stereocenters. The molecule has 35 heavy (non-hydrogen) atoms. The Hall–Kier alpha value is -4.01. The Kier molecular flexibility index (Phi) is 8.01. The number of carbonyl (C=O) groups is 3. The molecule has 1 aliphatic heterocycles. The van der Waals surface area contributed by atoms with Crippen LogP contribution in [0.15, 0.2) is 54.1 Å². The maximum atomic E-state index is 13.0. The van der Waals surface area contributed by atoms with Crippen LogP contribution in [0.4, 0.5) is 5.69 Å². The second-order valence-electron chi connectivity index (χ2n) is 8.82. The molecule has 0 saturated carbocycles. The van der Waals surface area contributed by atoms with Gasteiger partial charge in [-0.1, -0.05) is 44.5 Å². The number of carboxylic acid groups (broad SMARTS) is 1. The quantitative estimate of drug-likeness (QED) is 0.125. The molecule has 1 aliphatic rings. The zero-order chi connectivity index (χ0) is 25.7. The van der Waals surface area contributed by atoms with E-state index in [2.05, 4.69) is 0 Å². The van der Waals surface area contributed by atoms with Crippen molar-refractivity contribution in [1.82, 2.24) is 4.90 Å². The summed E-state index contributed by atoms with van der Waals surface area (Å²) in [4.78, 5) is 48.6. The number of likely N-dealkylation sites (tertiary alicyclic amines) is 1. The fraction of sp³-hybridized carbons (Fsp3) is 0.346. The van der Waals surface area contributed by atoms with Crippen LogP contribution >= 0.6 is 0 Å². The molecule has 0 aliphatic carbocycles. The number of carbonyl (C=O) groups excluding carboxylic acids is 2. The second kappa shape index (κ2) is 10.9.